The highest BCUT2D eigenvalue weighted by Crippen LogP contribution is 2.01. The molecule has 0 aromatic heterocycles. The summed E-state index contributed by atoms with van der Waals surface area (Å²) in [5.74, 6) is -1.94. The van der Waals surface area contributed by atoms with Gasteiger partial charge in [-0.15, -0.1) is 0 Å². The molecule has 0 aromatic carbocycles. The van der Waals surface area contributed by atoms with Crippen molar-refractivity contribution in [1.82, 2.24) is 15.1 Å². The van der Waals surface area contributed by atoms with Crippen molar-refractivity contribution in [2.24, 2.45) is 0 Å². The Bertz CT molecular complexity index is 484. The first-order valence-corrected chi connectivity index (χ1v) is 12.3. The van der Waals surface area contributed by atoms with E-state index in [0.29, 0.717) is 13.1 Å². The summed E-state index contributed by atoms with van der Waals surface area (Å²) in [4.78, 5) is 47.1. The maximum absolute atomic E-state index is 11.3. The summed E-state index contributed by atoms with van der Waals surface area (Å²) >= 11 is 0. The smallest absolute Gasteiger partial charge is 0.304 e. The minimum Gasteiger partial charge on any atom is -0.481 e. The quantitative estimate of drug-likeness (QED) is 0.226. The summed E-state index contributed by atoms with van der Waals surface area (Å²) in [7, 11) is 0. The molecule has 0 spiro atoms. The number of aldehydes is 1. The van der Waals surface area contributed by atoms with Crippen LogP contribution in [0, 0.1) is 0 Å². The van der Waals surface area contributed by atoms with Crippen LogP contribution < -0.4 is 5.32 Å². The van der Waals surface area contributed by atoms with Crippen LogP contribution in [0.5, 0.6) is 0 Å². The summed E-state index contributed by atoms with van der Waals surface area (Å²) in [5.41, 5.74) is 0. The van der Waals surface area contributed by atoms with Crippen LogP contribution in [0.1, 0.15) is 91.9 Å². The van der Waals surface area contributed by atoms with Crippen LogP contribution in [0.15, 0.2) is 0 Å². The number of hydrogen-bond acceptors (Lipinski definition) is 6. The minimum atomic E-state index is -0.867. The lowest BCUT2D eigenvalue weighted by Crippen LogP contribution is -2.35. The number of carbonyl (C=O) groups is 4. The highest BCUT2D eigenvalue weighted by molar-refractivity contribution is 6.27. The average Bonchev–Trinajstić information content (AvgIpc) is 2.78. The fourth-order valence-electron chi connectivity index (χ4n) is 2.94. The molecular formula is C24H47N3O5. The average molecular weight is 458 g/mol. The summed E-state index contributed by atoms with van der Waals surface area (Å²) < 4.78 is 0. The molecule has 8 nitrogen and oxygen atoms in total. The highest BCUT2D eigenvalue weighted by atomic mass is 16.4. The van der Waals surface area contributed by atoms with E-state index in [-0.39, 0.29) is 25.0 Å². The number of imide groups is 1. The van der Waals surface area contributed by atoms with Crippen molar-refractivity contribution in [3.05, 3.63) is 0 Å². The standard InChI is InChI=1S/C13H24N2O3.C11H23NO2/c1-3-5-8-15(9-6-4-2)10-7-12(17)14-13(18)11-16;1-3-5-8-12(9-6-4-2)10-7-11(13)14/h11H,3-10H2,1-2H3,(H,14,17,18);3-10H2,1-2H3,(H,13,14). The fourth-order valence-corrected chi connectivity index (χ4v) is 2.94. The van der Waals surface area contributed by atoms with Crippen molar-refractivity contribution in [3.8, 4) is 0 Å². The number of carboxylic acid groups (broad SMARTS) is 1. The summed E-state index contributed by atoms with van der Waals surface area (Å²) in [6.07, 6.45) is 9.80. The number of carboxylic acids is 1. The molecule has 0 aliphatic rings. The molecule has 0 radical (unpaired) electrons. The Labute approximate surface area is 195 Å². The van der Waals surface area contributed by atoms with Crippen molar-refractivity contribution < 1.29 is 24.3 Å². The molecule has 0 heterocycles. The molecule has 0 aliphatic heterocycles. The maximum Gasteiger partial charge on any atom is 0.304 e. The number of aliphatic carboxylic acids is 1. The van der Waals surface area contributed by atoms with Crippen molar-refractivity contribution in [2.75, 3.05) is 39.3 Å². The van der Waals surface area contributed by atoms with Gasteiger partial charge in [-0.05, 0) is 51.9 Å². The lowest BCUT2D eigenvalue weighted by atomic mass is 10.2. The molecule has 0 fully saturated rings. The molecule has 8 heteroatoms. The van der Waals surface area contributed by atoms with E-state index >= 15 is 0 Å². The molecule has 0 atom stereocenters. The van der Waals surface area contributed by atoms with Gasteiger partial charge >= 0.3 is 5.97 Å². The van der Waals surface area contributed by atoms with Gasteiger partial charge < -0.3 is 14.9 Å². The van der Waals surface area contributed by atoms with Gasteiger partial charge in [0.1, 0.15) is 0 Å². The van der Waals surface area contributed by atoms with Gasteiger partial charge in [-0.1, -0.05) is 53.4 Å². The third-order valence-corrected chi connectivity index (χ3v) is 4.98. The zero-order chi connectivity index (χ0) is 24.6. The van der Waals surface area contributed by atoms with Crippen molar-refractivity contribution in [3.63, 3.8) is 0 Å². The van der Waals surface area contributed by atoms with E-state index in [4.69, 9.17) is 5.11 Å². The molecular weight excluding hydrogens is 410 g/mol. The van der Waals surface area contributed by atoms with Gasteiger partial charge in [0.05, 0.1) is 6.42 Å². The lowest BCUT2D eigenvalue weighted by Gasteiger charge is -2.21. The molecule has 32 heavy (non-hydrogen) atoms. The second-order valence-corrected chi connectivity index (χ2v) is 8.02. The predicted molar refractivity (Wildman–Crippen MR) is 129 cm³/mol. The lowest BCUT2D eigenvalue weighted by molar-refractivity contribution is -0.137. The molecule has 188 valence electrons. The van der Waals surface area contributed by atoms with E-state index in [9.17, 15) is 19.2 Å². The number of rotatable bonds is 19. The largest absolute Gasteiger partial charge is 0.481 e. The van der Waals surface area contributed by atoms with Crippen molar-refractivity contribution in [2.45, 2.75) is 91.9 Å². The minimum absolute atomic E-state index is 0.115. The zero-order valence-electron chi connectivity index (χ0n) is 20.9. The van der Waals surface area contributed by atoms with Crippen LogP contribution in [0.3, 0.4) is 0 Å². The molecule has 2 N–H and O–H groups in total. The molecule has 0 saturated heterocycles. The Morgan fingerprint density at radius 2 is 1.06 bits per heavy atom. The monoisotopic (exact) mass is 457 g/mol. The van der Waals surface area contributed by atoms with Crippen LogP contribution >= 0.6 is 0 Å². The van der Waals surface area contributed by atoms with E-state index in [1.807, 2.05) is 5.32 Å². The molecule has 0 bridgehead atoms. The van der Waals surface area contributed by atoms with Crippen LogP contribution in [-0.2, 0) is 19.2 Å². The Balaban J connectivity index is 0. The van der Waals surface area contributed by atoms with Gasteiger partial charge in [0.2, 0.25) is 12.2 Å². The second kappa shape index (κ2) is 23.9. The number of nitrogens with zero attached hydrogens (tertiary/aromatic N) is 2. The number of amides is 2. The van der Waals surface area contributed by atoms with Crippen molar-refractivity contribution >= 4 is 24.1 Å². The molecule has 0 aromatic rings. The van der Waals surface area contributed by atoms with Gasteiger partial charge in [0, 0.05) is 19.5 Å². The summed E-state index contributed by atoms with van der Waals surface area (Å²) in [6.45, 7) is 14.0. The third kappa shape index (κ3) is 22.9. The SMILES string of the molecule is CCCCN(CCCC)CCC(=O)NC(=O)C=O.CCCCN(CCCC)CCC(=O)O. The topological polar surface area (TPSA) is 107 Å². The Hall–Kier alpha value is -1.80. The van der Waals surface area contributed by atoms with Crippen LogP contribution in [-0.4, -0.2) is 78.2 Å². The van der Waals surface area contributed by atoms with E-state index < -0.39 is 11.9 Å². The van der Waals surface area contributed by atoms with E-state index in [0.717, 1.165) is 51.9 Å². The second-order valence-electron chi connectivity index (χ2n) is 8.02. The Morgan fingerprint density at radius 3 is 1.38 bits per heavy atom. The summed E-state index contributed by atoms with van der Waals surface area (Å²) in [5, 5.41) is 10.6. The normalized spacial score (nSPS) is 10.6. The number of nitrogens with one attached hydrogen (secondary N) is 1. The number of hydrogen-bond donors (Lipinski definition) is 2. The molecule has 0 unspecified atom stereocenters. The zero-order valence-corrected chi connectivity index (χ0v) is 20.9. The van der Waals surface area contributed by atoms with Crippen LogP contribution in [0.4, 0.5) is 0 Å². The van der Waals surface area contributed by atoms with Crippen LogP contribution in [0.2, 0.25) is 0 Å². The van der Waals surface area contributed by atoms with Gasteiger partial charge in [0.15, 0.2) is 0 Å². The predicted octanol–water partition coefficient (Wildman–Crippen LogP) is 3.48. The summed E-state index contributed by atoms with van der Waals surface area (Å²) in [6, 6.07) is 0. The van der Waals surface area contributed by atoms with E-state index in [1.54, 1.807) is 0 Å². The maximum atomic E-state index is 11.3. The first-order chi connectivity index (χ1) is 15.3. The van der Waals surface area contributed by atoms with Gasteiger partial charge in [0.25, 0.3) is 5.91 Å². The third-order valence-electron chi connectivity index (χ3n) is 4.98. The van der Waals surface area contributed by atoms with Gasteiger partial charge in [-0.2, -0.15) is 0 Å². The highest BCUT2D eigenvalue weighted by Gasteiger charge is 2.10. The fraction of sp³-hybridized carbons (Fsp3) is 0.833. The first-order valence-electron chi connectivity index (χ1n) is 12.3. The van der Waals surface area contributed by atoms with E-state index in [1.165, 1.54) is 25.7 Å². The van der Waals surface area contributed by atoms with Gasteiger partial charge in [-0.3, -0.25) is 24.5 Å². The van der Waals surface area contributed by atoms with Crippen molar-refractivity contribution in [1.29, 1.82) is 0 Å². The van der Waals surface area contributed by atoms with E-state index in [2.05, 4.69) is 37.5 Å². The Morgan fingerprint density at radius 1 is 0.688 bits per heavy atom. The molecule has 2 amide bonds. The van der Waals surface area contributed by atoms with Crippen LogP contribution in [0.25, 0.3) is 0 Å². The molecule has 0 aliphatic carbocycles. The first kappa shape index (κ1) is 32.4. The van der Waals surface area contributed by atoms with Gasteiger partial charge in [-0.25, -0.2) is 0 Å². The number of unbranched alkanes of at least 4 members (excludes halogenated alkanes) is 4. The molecule has 0 saturated carbocycles. The molecule has 0 rings (SSSR count). The number of carbonyl (C=O) groups excluding carboxylic acids is 3. The Kier molecular flexibility index (Phi) is 24.1.